The average Bonchev–Trinajstić information content (AvgIpc) is 2.78. The largest absolute Gasteiger partial charge is 0.493 e. The summed E-state index contributed by atoms with van der Waals surface area (Å²) in [7, 11) is 3.18. The summed E-state index contributed by atoms with van der Waals surface area (Å²) in [6.45, 7) is 2.00. The number of thioether (sulfide) groups is 1. The molecule has 0 saturated carbocycles. The van der Waals surface area contributed by atoms with Gasteiger partial charge in [-0.25, -0.2) is 0 Å². The Labute approximate surface area is 181 Å². The van der Waals surface area contributed by atoms with E-state index in [0.717, 1.165) is 22.6 Å². The van der Waals surface area contributed by atoms with Crippen molar-refractivity contribution in [3.63, 3.8) is 0 Å². The standard InChI is InChI=1S/C25H25NO3S/c1-18-15-20(17-30-21-7-5-4-6-8-21)9-12-22(18)26-25(27)14-11-19-10-13-23(28-2)24(16-19)29-3/h4-16H,17H2,1-3H3,(H,26,27)/b14-11+. The fraction of sp³-hybridized carbons (Fsp3) is 0.160. The highest BCUT2D eigenvalue weighted by molar-refractivity contribution is 7.98. The fourth-order valence-corrected chi connectivity index (χ4v) is 3.80. The molecular formula is C25H25NO3S. The smallest absolute Gasteiger partial charge is 0.248 e. The second kappa shape index (κ2) is 10.6. The summed E-state index contributed by atoms with van der Waals surface area (Å²) in [5, 5.41) is 2.94. The molecule has 5 heteroatoms. The Morgan fingerprint density at radius 3 is 2.43 bits per heavy atom. The van der Waals surface area contributed by atoms with E-state index in [2.05, 4.69) is 29.6 Å². The number of methoxy groups -OCH3 is 2. The molecule has 3 rings (SSSR count). The zero-order chi connectivity index (χ0) is 21.3. The van der Waals surface area contributed by atoms with Gasteiger partial charge in [0.05, 0.1) is 14.2 Å². The molecule has 0 heterocycles. The number of rotatable bonds is 8. The maximum absolute atomic E-state index is 12.4. The number of amides is 1. The van der Waals surface area contributed by atoms with Crippen molar-refractivity contribution in [2.75, 3.05) is 19.5 Å². The molecule has 0 aliphatic rings. The van der Waals surface area contributed by atoms with E-state index in [1.165, 1.54) is 16.5 Å². The molecule has 1 amide bonds. The Bertz CT molecular complexity index is 1030. The van der Waals surface area contributed by atoms with E-state index in [0.29, 0.717) is 11.5 Å². The molecule has 0 aromatic heterocycles. The predicted octanol–water partition coefficient (Wildman–Crippen LogP) is 5.96. The topological polar surface area (TPSA) is 47.6 Å². The molecule has 0 bridgehead atoms. The second-order valence-electron chi connectivity index (χ2n) is 6.69. The van der Waals surface area contributed by atoms with Gasteiger partial charge in [-0.3, -0.25) is 4.79 Å². The predicted molar refractivity (Wildman–Crippen MR) is 124 cm³/mol. The lowest BCUT2D eigenvalue weighted by molar-refractivity contribution is -0.111. The molecule has 30 heavy (non-hydrogen) atoms. The first-order valence-corrected chi connectivity index (χ1v) is 10.6. The minimum absolute atomic E-state index is 0.181. The molecule has 0 aliphatic carbocycles. The van der Waals surface area contributed by atoms with Crippen molar-refractivity contribution in [1.29, 1.82) is 0 Å². The summed E-state index contributed by atoms with van der Waals surface area (Å²) in [6, 6.07) is 22.0. The Morgan fingerprint density at radius 1 is 0.967 bits per heavy atom. The highest BCUT2D eigenvalue weighted by Gasteiger charge is 2.06. The number of aryl methyl sites for hydroxylation is 1. The maximum atomic E-state index is 12.4. The summed E-state index contributed by atoms with van der Waals surface area (Å²) in [4.78, 5) is 13.6. The van der Waals surface area contributed by atoms with Gasteiger partial charge in [-0.2, -0.15) is 0 Å². The highest BCUT2D eigenvalue weighted by Crippen LogP contribution is 2.28. The molecule has 0 saturated heterocycles. The average molecular weight is 420 g/mol. The van der Waals surface area contributed by atoms with Crippen molar-refractivity contribution in [1.82, 2.24) is 0 Å². The van der Waals surface area contributed by atoms with Crippen LogP contribution in [0.1, 0.15) is 16.7 Å². The number of anilines is 1. The van der Waals surface area contributed by atoms with E-state index in [-0.39, 0.29) is 5.91 Å². The van der Waals surface area contributed by atoms with Crippen LogP contribution < -0.4 is 14.8 Å². The molecule has 4 nitrogen and oxygen atoms in total. The van der Waals surface area contributed by atoms with Gasteiger partial charge < -0.3 is 14.8 Å². The van der Waals surface area contributed by atoms with Crippen molar-refractivity contribution in [3.05, 3.63) is 89.5 Å². The van der Waals surface area contributed by atoms with Gasteiger partial charge in [-0.05, 0) is 60.0 Å². The van der Waals surface area contributed by atoms with Gasteiger partial charge in [-0.15, -0.1) is 11.8 Å². The Hall–Kier alpha value is -3.18. The summed E-state index contributed by atoms with van der Waals surface area (Å²) in [6.07, 6.45) is 3.26. The molecule has 0 fully saturated rings. The Morgan fingerprint density at radius 2 is 1.73 bits per heavy atom. The highest BCUT2D eigenvalue weighted by atomic mass is 32.2. The van der Waals surface area contributed by atoms with Crippen LogP contribution in [0.25, 0.3) is 6.08 Å². The van der Waals surface area contributed by atoms with Gasteiger partial charge in [0.15, 0.2) is 11.5 Å². The monoisotopic (exact) mass is 419 g/mol. The van der Waals surface area contributed by atoms with Gasteiger partial charge in [0.1, 0.15) is 0 Å². The van der Waals surface area contributed by atoms with Gasteiger partial charge in [-0.1, -0.05) is 36.4 Å². The molecule has 3 aromatic rings. The third-order valence-corrected chi connectivity index (χ3v) is 5.62. The minimum atomic E-state index is -0.181. The number of carbonyl (C=O) groups excluding carboxylic acids is 1. The molecular weight excluding hydrogens is 394 g/mol. The lowest BCUT2D eigenvalue weighted by atomic mass is 10.1. The van der Waals surface area contributed by atoms with E-state index in [4.69, 9.17) is 9.47 Å². The van der Waals surface area contributed by atoms with Gasteiger partial charge >= 0.3 is 0 Å². The lowest BCUT2D eigenvalue weighted by Crippen LogP contribution is -2.09. The first-order valence-electron chi connectivity index (χ1n) is 9.57. The van der Waals surface area contributed by atoms with Gasteiger partial charge in [0.25, 0.3) is 0 Å². The third-order valence-electron chi connectivity index (χ3n) is 4.53. The van der Waals surface area contributed by atoms with Crippen molar-refractivity contribution >= 4 is 29.4 Å². The van der Waals surface area contributed by atoms with Crippen molar-refractivity contribution in [2.24, 2.45) is 0 Å². The maximum Gasteiger partial charge on any atom is 0.248 e. The van der Waals surface area contributed by atoms with Gasteiger partial charge in [0.2, 0.25) is 5.91 Å². The number of carbonyl (C=O) groups is 1. The molecule has 0 aliphatic heterocycles. The van der Waals surface area contributed by atoms with E-state index in [1.807, 2.05) is 49.4 Å². The number of ether oxygens (including phenoxy) is 2. The Kier molecular flexibility index (Phi) is 7.57. The van der Waals surface area contributed by atoms with Crippen LogP contribution in [0.2, 0.25) is 0 Å². The Balaban J connectivity index is 1.60. The quantitative estimate of drug-likeness (QED) is 0.362. The van der Waals surface area contributed by atoms with Crippen molar-refractivity contribution in [2.45, 2.75) is 17.6 Å². The van der Waals surface area contributed by atoms with Crippen LogP contribution >= 0.6 is 11.8 Å². The van der Waals surface area contributed by atoms with Crippen LogP contribution in [0.15, 0.2) is 77.7 Å². The normalized spacial score (nSPS) is 10.8. The van der Waals surface area contributed by atoms with Gasteiger partial charge in [0, 0.05) is 22.4 Å². The molecule has 1 N–H and O–H groups in total. The number of nitrogens with one attached hydrogen (secondary N) is 1. The summed E-state index contributed by atoms with van der Waals surface area (Å²) in [5.41, 5.74) is 3.92. The van der Waals surface area contributed by atoms with Crippen LogP contribution in [0.5, 0.6) is 11.5 Å². The zero-order valence-electron chi connectivity index (χ0n) is 17.3. The summed E-state index contributed by atoms with van der Waals surface area (Å²) >= 11 is 1.80. The molecule has 0 atom stereocenters. The lowest BCUT2D eigenvalue weighted by Gasteiger charge is -2.09. The fourth-order valence-electron chi connectivity index (χ4n) is 2.94. The van der Waals surface area contributed by atoms with E-state index in [1.54, 1.807) is 32.1 Å². The number of benzene rings is 3. The van der Waals surface area contributed by atoms with E-state index < -0.39 is 0 Å². The zero-order valence-corrected chi connectivity index (χ0v) is 18.2. The van der Waals surface area contributed by atoms with Crippen LogP contribution in [0.4, 0.5) is 5.69 Å². The minimum Gasteiger partial charge on any atom is -0.493 e. The van der Waals surface area contributed by atoms with Crippen LogP contribution in [-0.4, -0.2) is 20.1 Å². The number of hydrogen-bond donors (Lipinski definition) is 1. The van der Waals surface area contributed by atoms with Crippen molar-refractivity contribution in [3.8, 4) is 11.5 Å². The van der Waals surface area contributed by atoms with E-state index >= 15 is 0 Å². The molecule has 3 aromatic carbocycles. The van der Waals surface area contributed by atoms with Crippen LogP contribution in [-0.2, 0) is 10.5 Å². The molecule has 154 valence electrons. The first-order chi connectivity index (χ1) is 14.6. The van der Waals surface area contributed by atoms with E-state index in [9.17, 15) is 4.79 Å². The summed E-state index contributed by atoms with van der Waals surface area (Å²) in [5.74, 6) is 1.98. The molecule has 0 radical (unpaired) electrons. The summed E-state index contributed by atoms with van der Waals surface area (Å²) < 4.78 is 10.5. The second-order valence-corrected chi connectivity index (χ2v) is 7.74. The third kappa shape index (κ3) is 5.91. The molecule has 0 unspecified atom stereocenters. The number of hydrogen-bond acceptors (Lipinski definition) is 4. The van der Waals surface area contributed by atoms with Crippen molar-refractivity contribution < 1.29 is 14.3 Å². The first kappa shape index (κ1) is 21.5. The van der Waals surface area contributed by atoms with Crippen LogP contribution in [0.3, 0.4) is 0 Å². The van der Waals surface area contributed by atoms with Crippen LogP contribution in [0, 0.1) is 6.92 Å². The molecule has 0 spiro atoms. The SMILES string of the molecule is COc1ccc(/C=C/C(=O)Nc2ccc(CSc3ccccc3)cc2C)cc1OC.